The quantitative estimate of drug-likeness (QED) is 0.603. The Balaban J connectivity index is 0.000000396. The van der Waals surface area contributed by atoms with Gasteiger partial charge in [-0.15, -0.1) is 0 Å². The Hall–Kier alpha value is -1.31. The summed E-state index contributed by atoms with van der Waals surface area (Å²) in [4.78, 5) is 4.18. The Morgan fingerprint density at radius 1 is 1.15 bits per heavy atom. The highest BCUT2D eigenvalue weighted by atomic mass is 15.0. The summed E-state index contributed by atoms with van der Waals surface area (Å²) >= 11 is 0. The van der Waals surface area contributed by atoms with Crippen LogP contribution in [0.5, 0.6) is 0 Å². The number of aromatic nitrogens is 2. The molecule has 0 radical (unpaired) electrons. The summed E-state index contributed by atoms with van der Waals surface area (Å²) in [5, 5.41) is 0. The summed E-state index contributed by atoms with van der Waals surface area (Å²) in [6.45, 7) is 8.21. The monoisotopic (exact) mass is 176 g/mol. The van der Waals surface area contributed by atoms with Crippen molar-refractivity contribution >= 4 is 5.65 Å². The maximum absolute atomic E-state index is 4.18. The van der Waals surface area contributed by atoms with Crippen LogP contribution in [0.1, 0.15) is 25.0 Å². The minimum absolute atomic E-state index is 1.02. The smallest absolute Gasteiger partial charge is 0.136 e. The third-order valence-electron chi connectivity index (χ3n) is 2.00. The van der Waals surface area contributed by atoms with Crippen LogP contribution < -0.4 is 0 Å². The molecule has 2 heterocycles. The highest BCUT2D eigenvalue weighted by Crippen LogP contribution is 2.08. The topological polar surface area (TPSA) is 17.3 Å². The van der Waals surface area contributed by atoms with Crippen LogP contribution in [-0.4, -0.2) is 9.38 Å². The molecule has 0 aromatic carbocycles. The second kappa shape index (κ2) is 4.08. The van der Waals surface area contributed by atoms with Gasteiger partial charge in [-0.3, -0.25) is 0 Å². The van der Waals surface area contributed by atoms with Crippen LogP contribution in [-0.2, 0) is 0 Å². The Morgan fingerprint density at radius 3 is 2.54 bits per heavy atom. The van der Waals surface area contributed by atoms with Gasteiger partial charge in [0, 0.05) is 18.6 Å². The Morgan fingerprint density at radius 2 is 1.85 bits per heavy atom. The normalized spacial score (nSPS) is 9.54. The standard InChI is InChI=1S/C9H10N2.C2H6/c1-7-5-9-10-3-4-11(9)6-8(7)2;1-2/h3-6H,1-2H3;1-2H3. The molecule has 0 aliphatic rings. The molecule has 0 saturated heterocycles. The predicted octanol–water partition coefficient (Wildman–Crippen LogP) is 2.98. The van der Waals surface area contributed by atoms with E-state index in [0.29, 0.717) is 0 Å². The van der Waals surface area contributed by atoms with E-state index in [0.717, 1.165) is 5.65 Å². The molecule has 2 aromatic rings. The molecule has 2 rings (SSSR count). The molecular weight excluding hydrogens is 160 g/mol. The fourth-order valence-corrected chi connectivity index (χ4v) is 1.16. The third-order valence-corrected chi connectivity index (χ3v) is 2.00. The van der Waals surface area contributed by atoms with Crippen molar-refractivity contribution < 1.29 is 0 Å². The number of hydrogen-bond acceptors (Lipinski definition) is 1. The van der Waals surface area contributed by atoms with Gasteiger partial charge in [-0.05, 0) is 31.0 Å². The van der Waals surface area contributed by atoms with E-state index in [-0.39, 0.29) is 0 Å². The summed E-state index contributed by atoms with van der Waals surface area (Å²) in [6, 6.07) is 2.09. The Labute approximate surface area is 79.2 Å². The average molecular weight is 176 g/mol. The molecule has 0 atom stereocenters. The number of pyridine rings is 1. The zero-order chi connectivity index (χ0) is 9.84. The molecule has 0 N–H and O–H groups in total. The minimum Gasteiger partial charge on any atom is -0.307 e. The maximum atomic E-state index is 4.18. The van der Waals surface area contributed by atoms with Crippen molar-refractivity contribution in [3.05, 3.63) is 35.8 Å². The lowest BCUT2D eigenvalue weighted by Crippen LogP contribution is -1.87. The Bertz CT molecular complexity index is 352. The molecule has 0 fully saturated rings. The third kappa shape index (κ3) is 1.89. The summed E-state index contributed by atoms with van der Waals surface area (Å²) in [5.74, 6) is 0. The van der Waals surface area contributed by atoms with E-state index in [1.807, 2.05) is 30.6 Å². The molecule has 0 aliphatic carbocycles. The van der Waals surface area contributed by atoms with Crippen molar-refractivity contribution in [1.82, 2.24) is 9.38 Å². The fraction of sp³-hybridized carbons (Fsp3) is 0.364. The lowest BCUT2D eigenvalue weighted by molar-refractivity contribution is 1.13. The number of aryl methyl sites for hydroxylation is 2. The van der Waals surface area contributed by atoms with Crippen LogP contribution in [0.3, 0.4) is 0 Å². The average Bonchev–Trinajstić information content (AvgIpc) is 2.56. The van der Waals surface area contributed by atoms with Crippen molar-refractivity contribution in [2.45, 2.75) is 27.7 Å². The molecule has 0 saturated carbocycles. The number of nitrogens with zero attached hydrogens (tertiary/aromatic N) is 2. The number of fused-ring (bicyclic) bond motifs is 1. The van der Waals surface area contributed by atoms with Crippen molar-refractivity contribution in [2.75, 3.05) is 0 Å². The lowest BCUT2D eigenvalue weighted by atomic mass is 10.2. The fourth-order valence-electron chi connectivity index (χ4n) is 1.16. The van der Waals surface area contributed by atoms with E-state index >= 15 is 0 Å². The lowest BCUT2D eigenvalue weighted by Gasteiger charge is -1.99. The Kier molecular flexibility index (Phi) is 3.07. The van der Waals surface area contributed by atoms with Gasteiger partial charge >= 0.3 is 0 Å². The molecule has 0 bridgehead atoms. The molecule has 0 spiro atoms. The largest absolute Gasteiger partial charge is 0.307 e. The minimum atomic E-state index is 1.02. The van der Waals surface area contributed by atoms with Gasteiger partial charge in [0.25, 0.3) is 0 Å². The van der Waals surface area contributed by atoms with E-state index in [1.54, 1.807) is 0 Å². The van der Waals surface area contributed by atoms with Crippen molar-refractivity contribution in [1.29, 1.82) is 0 Å². The van der Waals surface area contributed by atoms with Crippen LogP contribution in [0, 0.1) is 13.8 Å². The molecule has 0 unspecified atom stereocenters. The van der Waals surface area contributed by atoms with Gasteiger partial charge in [0.2, 0.25) is 0 Å². The summed E-state index contributed by atoms with van der Waals surface area (Å²) < 4.78 is 2.03. The predicted molar refractivity (Wildman–Crippen MR) is 56.0 cm³/mol. The van der Waals surface area contributed by atoms with Crippen LogP contribution >= 0.6 is 0 Å². The molecule has 2 nitrogen and oxygen atoms in total. The van der Waals surface area contributed by atoms with Gasteiger partial charge in [-0.1, -0.05) is 13.8 Å². The number of imidazole rings is 1. The summed E-state index contributed by atoms with van der Waals surface area (Å²) in [7, 11) is 0. The van der Waals surface area contributed by atoms with E-state index in [9.17, 15) is 0 Å². The van der Waals surface area contributed by atoms with Crippen molar-refractivity contribution in [3.8, 4) is 0 Å². The van der Waals surface area contributed by atoms with Crippen LogP contribution in [0.4, 0.5) is 0 Å². The van der Waals surface area contributed by atoms with Gasteiger partial charge in [-0.25, -0.2) is 4.98 Å². The van der Waals surface area contributed by atoms with E-state index in [1.165, 1.54) is 11.1 Å². The van der Waals surface area contributed by atoms with Crippen molar-refractivity contribution in [2.24, 2.45) is 0 Å². The molecule has 0 amide bonds. The number of rotatable bonds is 0. The van der Waals surface area contributed by atoms with Gasteiger partial charge in [0.05, 0.1) is 0 Å². The van der Waals surface area contributed by atoms with Crippen molar-refractivity contribution in [3.63, 3.8) is 0 Å². The van der Waals surface area contributed by atoms with Gasteiger partial charge in [-0.2, -0.15) is 0 Å². The molecule has 0 aliphatic heterocycles. The van der Waals surface area contributed by atoms with E-state index < -0.39 is 0 Å². The van der Waals surface area contributed by atoms with Gasteiger partial charge < -0.3 is 4.40 Å². The first-order chi connectivity index (χ1) is 6.27. The first-order valence-corrected chi connectivity index (χ1v) is 4.67. The van der Waals surface area contributed by atoms with E-state index in [4.69, 9.17) is 0 Å². The SMILES string of the molecule is CC.Cc1cc2nccn2cc1C. The molecule has 70 valence electrons. The van der Waals surface area contributed by atoms with Gasteiger partial charge in [0.15, 0.2) is 0 Å². The second-order valence-corrected chi connectivity index (χ2v) is 2.83. The summed E-state index contributed by atoms with van der Waals surface area (Å²) in [6.07, 6.45) is 5.87. The highest BCUT2D eigenvalue weighted by Gasteiger charge is 1.95. The van der Waals surface area contributed by atoms with Gasteiger partial charge in [0.1, 0.15) is 5.65 Å². The van der Waals surface area contributed by atoms with Crippen LogP contribution in [0.25, 0.3) is 5.65 Å². The zero-order valence-corrected chi connectivity index (χ0v) is 8.70. The van der Waals surface area contributed by atoms with Crippen LogP contribution in [0.15, 0.2) is 24.7 Å². The molecule has 2 aromatic heterocycles. The number of hydrogen-bond donors (Lipinski definition) is 0. The molecule has 2 heteroatoms. The first-order valence-electron chi connectivity index (χ1n) is 4.67. The maximum Gasteiger partial charge on any atom is 0.136 e. The molecule has 13 heavy (non-hydrogen) atoms. The van der Waals surface area contributed by atoms with Crippen LogP contribution in [0.2, 0.25) is 0 Å². The zero-order valence-electron chi connectivity index (χ0n) is 8.70. The second-order valence-electron chi connectivity index (χ2n) is 2.83. The summed E-state index contributed by atoms with van der Waals surface area (Å²) in [5.41, 5.74) is 3.62. The van der Waals surface area contributed by atoms with E-state index in [2.05, 4.69) is 31.1 Å². The molecular formula is C11H16N2. The highest BCUT2D eigenvalue weighted by molar-refractivity contribution is 5.43. The first kappa shape index (κ1) is 9.78.